The first-order chi connectivity index (χ1) is 12.9. The second kappa shape index (κ2) is 7.96. The van der Waals surface area contributed by atoms with Crippen LogP contribution in [0.4, 0.5) is 4.39 Å². The van der Waals surface area contributed by atoms with Crippen LogP contribution >= 0.6 is 15.9 Å². The van der Waals surface area contributed by atoms with Crippen molar-refractivity contribution in [2.75, 3.05) is 6.61 Å². The van der Waals surface area contributed by atoms with Crippen LogP contribution in [0.15, 0.2) is 59.2 Å². The molecule has 0 aliphatic rings. The summed E-state index contributed by atoms with van der Waals surface area (Å²) in [6, 6.07) is 13.6. The highest BCUT2D eigenvalue weighted by atomic mass is 79.9. The highest BCUT2D eigenvalue weighted by Gasteiger charge is 2.16. The van der Waals surface area contributed by atoms with Gasteiger partial charge in [0, 0.05) is 21.9 Å². The fourth-order valence-electron chi connectivity index (χ4n) is 2.74. The second-order valence-electron chi connectivity index (χ2n) is 6.58. The van der Waals surface area contributed by atoms with Gasteiger partial charge in [-0.15, -0.1) is 0 Å². The number of carboxylic acids is 1. The summed E-state index contributed by atoms with van der Waals surface area (Å²) in [4.78, 5) is 11.3. The van der Waals surface area contributed by atoms with Crippen molar-refractivity contribution in [3.63, 3.8) is 0 Å². The summed E-state index contributed by atoms with van der Waals surface area (Å²) in [6.07, 6.45) is 1.81. The lowest BCUT2D eigenvalue weighted by atomic mass is 10.1. The quantitative estimate of drug-likeness (QED) is 0.538. The predicted octanol–water partition coefficient (Wildman–Crippen LogP) is 5.78. The van der Waals surface area contributed by atoms with Crippen LogP contribution in [-0.4, -0.2) is 22.2 Å². The molecule has 0 spiro atoms. The van der Waals surface area contributed by atoms with E-state index in [0.29, 0.717) is 18.2 Å². The Morgan fingerprint density at radius 2 is 2.00 bits per heavy atom. The summed E-state index contributed by atoms with van der Waals surface area (Å²) in [5.74, 6) is -0.953. The highest BCUT2D eigenvalue weighted by molar-refractivity contribution is 9.10. The Labute approximate surface area is 165 Å². The molecule has 0 saturated carbocycles. The summed E-state index contributed by atoms with van der Waals surface area (Å²) in [7, 11) is 0. The summed E-state index contributed by atoms with van der Waals surface area (Å²) >= 11 is 3.49. The molecule has 1 aromatic heterocycles. The van der Waals surface area contributed by atoms with Crippen molar-refractivity contribution < 1.29 is 19.0 Å². The molecule has 0 atom stereocenters. The lowest BCUT2D eigenvalue weighted by Gasteiger charge is -2.16. The average molecular weight is 432 g/mol. The number of nitrogens with zero attached hydrogens (tertiary/aromatic N) is 1. The van der Waals surface area contributed by atoms with Gasteiger partial charge in [0.1, 0.15) is 11.6 Å². The molecule has 1 N–H and O–H groups in total. The molecule has 0 aliphatic heterocycles. The predicted molar refractivity (Wildman–Crippen MR) is 106 cm³/mol. The number of carbonyl (C=O) groups is 1. The van der Waals surface area contributed by atoms with Gasteiger partial charge in [0.15, 0.2) is 0 Å². The molecule has 0 bridgehead atoms. The molecule has 0 aliphatic carbocycles. The van der Waals surface area contributed by atoms with E-state index >= 15 is 0 Å². The number of hydrogen-bond acceptors (Lipinski definition) is 2. The molecular formula is C21H19BrFNO3. The zero-order valence-electron chi connectivity index (χ0n) is 14.9. The Morgan fingerprint density at radius 3 is 2.70 bits per heavy atom. The van der Waals surface area contributed by atoms with Crippen molar-refractivity contribution in [2.45, 2.75) is 13.8 Å². The van der Waals surface area contributed by atoms with Crippen molar-refractivity contribution in [1.29, 1.82) is 0 Å². The summed E-state index contributed by atoms with van der Waals surface area (Å²) in [6.45, 7) is 4.73. The molecule has 1 heterocycles. The second-order valence-corrected chi connectivity index (χ2v) is 7.49. The van der Waals surface area contributed by atoms with Gasteiger partial charge < -0.3 is 14.4 Å². The van der Waals surface area contributed by atoms with E-state index in [2.05, 4.69) is 29.8 Å². The molecule has 4 nitrogen and oxygen atoms in total. The highest BCUT2D eigenvalue weighted by Crippen LogP contribution is 2.35. The number of ether oxygens (including phenoxy) is 1. The molecule has 0 fully saturated rings. The number of aromatic nitrogens is 1. The molecule has 140 valence electrons. The van der Waals surface area contributed by atoms with Gasteiger partial charge in [0.25, 0.3) is 0 Å². The maximum Gasteiger partial charge on any atom is 0.338 e. The minimum atomic E-state index is -1.30. The van der Waals surface area contributed by atoms with E-state index in [1.807, 2.05) is 34.9 Å². The van der Waals surface area contributed by atoms with Crippen LogP contribution in [0.2, 0.25) is 0 Å². The standard InChI is InChI=1S/C21H19BrFNO3/c1-13(2)12-27-20-8-5-14(22)10-17(20)19-4-3-9-24(19)15-6-7-18(23)16(11-15)21(25)26/h3-11,13H,12H2,1-2H3,(H,25,26). The molecule has 0 unspecified atom stereocenters. The molecule has 27 heavy (non-hydrogen) atoms. The Bertz CT molecular complexity index is 981. The third-order valence-corrected chi connectivity index (χ3v) is 4.49. The van der Waals surface area contributed by atoms with Gasteiger partial charge in [-0.1, -0.05) is 29.8 Å². The zero-order valence-corrected chi connectivity index (χ0v) is 16.5. The van der Waals surface area contributed by atoms with Gasteiger partial charge in [0.2, 0.25) is 0 Å². The van der Waals surface area contributed by atoms with E-state index in [-0.39, 0.29) is 5.56 Å². The monoisotopic (exact) mass is 431 g/mol. The van der Waals surface area contributed by atoms with Crippen LogP contribution < -0.4 is 4.74 Å². The summed E-state index contributed by atoms with van der Waals surface area (Å²) in [5, 5.41) is 9.20. The van der Waals surface area contributed by atoms with E-state index in [4.69, 9.17) is 4.74 Å². The largest absolute Gasteiger partial charge is 0.493 e. The third kappa shape index (κ3) is 4.22. The topological polar surface area (TPSA) is 51.5 Å². The molecular weight excluding hydrogens is 413 g/mol. The Morgan fingerprint density at radius 1 is 1.22 bits per heavy atom. The van der Waals surface area contributed by atoms with Crippen molar-refractivity contribution in [3.8, 4) is 22.7 Å². The van der Waals surface area contributed by atoms with Gasteiger partial charge in [-0.3, -0.25) is 0 Å². The van der Waals surface area contributed by atoms with Crippen LogP contribution in [0.3, 0.4) is 0 Å². The fraction of sp³-hybridized carbons (Fsp3) is 0.190. The van der Waals surface area contributed by atoms with Gasteiger partial charge >= 0.3 is 5.97 Å². The van der Waals surface area contributed by atoms with E-state index in [9.17, 15) is 14.3 Å². The molecule has 3 aromatic rings. The van der Waals surface area contributed by atoms with Gasteiger partial charge in [-0.25, -0.2) is 9.18 Å². The zero-order chi connectivity index (χ0) is 19.6. The maximum atomic E-state index is 13.8. The van der Waals surface area contributed by atoms with Crippen molar-refractivity contribution in [3.05, 3.63) is 70.6 Å². The molecule has 2 aromatic carbocycles. The molecule has 0 saturated heterocycles. The number of benzene rings is 2. The summed E-state index contributed by atoms with van der Waals surface area (Å²) in [5.41, 5.74) is 1.87. The normalized spacial score (nSPS) is 11.0. The first-order valence-electron chi connectivity index (χ1n) is 8.50. The van der Waals surface area contributed by atoms with Crippen LogP contribution in [0.5, 0.6) is 5.75 Å². The van der Waals surface area contributed by atoms with Gasteiger partial charge in [-0.05, 0) is 54.4 Å². The maximum absolute atomic E-state index is 13.8. The Balaban J connectivity index is 2.09. The Hall–Kier alpha value is -2.60. The first-order valence-corrected chi connectivity index (χ1v) is 9.29. The molecule has 0 amide bonds. The smallest absolute Gasteiger partial charge is 0.338 e. The van der Waals surface area contributed by atoms with Crippen LogP contribution in [-0.2, 0) is 0 Å². The number of aromatic carboxylic acids is 1. The minimum absolute atomic E-state index is 0.363. The third-order valence-electron chi connectivity index (χ3n) is 4.00. The molecule has 6 heteroatoms. The molecule has 3 rings (SSSR count). The van der Waals surface area contributed by atoms with Crippen molar-refractivity contribution >= 4 is 21.9 Å². The van der Waals surface area contributed by atoms with Crippen molar-refractivity contribution in [1.82, 2.24) is 4.57 Å². The average Bonchev–Trinajstić information content (AvgIpc) is 3.10. The lowest BCUT2D eigenvalue weighted by Crippen LogP contribution is -2.06. The summed E-state index contributed by atoms with van der Waals surface area (Å²) < 4.78 is 22.4. The fourth-order valence-corrected chi connectivity index (χ4v) is 3.10. The van der Waals surface area contributed by atoms with E-state index in [0.717, 1.165) is 21.5 Å². The van der Waals surface area contributed by atoms with Gasteiger partial charge in [-0.2, -0.15) is 0 Å². The number of carboxylic acid groups (broad SMARTS) is 1. The number of rotatable bonds is 6. The van der Waals surface area contributed by atoms with Crippen LogP contribution in [0, 0.1) is 11.7 Å². The number of halogens is 2. The number of hydrogen-bond donors (Lipinski definition) is 1. The van der Waals surface area contributed by atoms with Gasteiger partial charge in [0.05, 0.1) is 17.9 Å². The van der Waals surface area contributed by atoms with Crippen LogP contribution in [0.25, 0.3) is 16.9 Å². The minimum Gasteiger partial charge on any atom is -0.493 e. The molecule has 0 radical (unpaired) electrons. The SMILES string of the molecule is CC(C)COc1ccc(Br)cc1-c1cccn1-c1ccc(F)c(C(=O)O)c1. The van der Waals surface area contributed by atoms with E-state index in [1.165, 1.54) is 12.1 Å². The lowest BCUT2D eigenvalue weighted by molar-refractivity contribution is 0.0692. The van der Waals surface area contributed by atoms with Crippen molar-refractivity contribution in [2.24, 2.45) is 5.92 Å². The van der Waals surface area contributed by atoms with Crippen LogP contribution in [0.1, 0.15) is 24.2 Å². The van der Waals surface area contributed by atoms with E-state index in [1.54, 1.807) is 12.3 Å². The Kier molecular flexibility index (Phi) is 5.65. The van der Waals surface area contributed by atoms with E-state index < -0.39 is 11.8 Å². The first kappa shape index (κ1) is 19.2.